The zero-order valence-corrected chi connectivity index (χ0v) is 16.6. The number of nitrogens with zero attached hydrogens (tertiary/aromatic N) is 3. The van der Waals surface area contributed by atoms with E-state index in [1.54, 1.807) is 17.0 Å². The van der Waals surface area contributed by atoms with Crippen molar-refractivity contribution in [2.24, 2.45) is 0 Å². The summed E-state index contributed by atoms with van der Waals surface area (Å²) in [4.78, 5) is 39.7. The molecule has 0 aromatic heterocycles. The lowest BCUT2D eigenvalue weighted by Crippen LogP contribution is -3.11. The Bertz CT molecular complexity index is 762. The summed E-state index contributed by atoms with van der Waals surface area (Å²) in [5.41, 5.74) is 0.485. The number of benzene rings is 1. The van der Waals surface area contributed by atoms with Crippen LogP contribution in [-0.2, 0) is 9.59 Å². The number of nitrogens with one attached hydrogen (secondary N) is 2. The number of piperazine rings is 1. The molecule has 2 N–H and O–H groups in total. The van der Waals surface area contributed by atoms with Gasteiger partial charge < -0.3 is 20.0 Å². The van der Waals surface area contributed by atoms with Crippen LogP contribution in [0.1, 0.15) is 12.8 Å². The zero-order chi connectivity index (χ0) is 20.3. The average molecular weight is 411 g/mol. The van der Waals surface area contributed by atoms with Crippen molar-refractivity contribution in [3.8, 4) is 0 Å². The normalized spacial score (nSPS) is 17.9. The number of nitro benzene ring substituents is 1. The topological polar surface area (TPSA) is 100 Å². The number of likely N-dealkylation sites (N-methyl/N-ethyl adjacent to an activating group) is 1. The van der Waals surface area contributed by atoms with Crippen LogP contribution in [0.5, 0.6) is 0 Å². The van der Waals surface area contributed by atoms with Crippen LogP contribution in [0.4, 0.5) is 11.4 Å². The number of rotatable bonds is 7. The monoisotopic (exact) mass is 410 g/mol. The van der Waals surface area contributed by atoms with E-state index in [9.17, 15) is 19.7 Å². The molecule has 1 heterocycles. The van der Waals surface area contributed by atoms with Gasteiger partial charge in [0.1, 0.15) is 5.69 Å². The van der Waals surface area contributed by atoms with Crippen molar-refractivity contribution in [2.75, 3.05) is 51.2 Å². The molecule has 1 aromatic rings. The highest BCUT2D eigenvalue weighted by Gasteiger charge is 2.28. The minimum absolute atomic E-state index is 0.0121. The second-order valence-electron chi connectivity index (χ2n) is 7.41. The van der Waals surface area contributed by atoms with E-state index < -0.39 is 4.92 Å². The summed E-state index contributed by atoms with van der Waals surface area (Å²) >= 11 is 5.87. The highest BCUT2D eigenvalue weighted by molar-refractivity contribution is 6.30. The van der Waals surface area contributed by atoms with Gasteiger partial charge in [0.2, 0.25) is 0 Å². The molecule has 9 nitrogen and oxygen atoms in total. The van der Waals surface area contributed by atoms with Gasteiger partial charge in [-0.25, -0.2) is 0 Å². The molecule has 2 amide bonds. The van der Waals surface area contributed by atoms with E-state index >= 15 is 0 Å². The predicted molar refractivity (Wildman–Crippen MR) is 105 cm³/mol. The molecular weight excluding hydrogens is 386 g/mol. The highest BCUT2D eigenvalue weighted by Crippen LogP contribution is 2.31. The molecule has 1 saturated heterocycles. The minimum Gasteiger partial charge on any atom is -0.362 e. The maximum absolute atomic E-state index is 12.5. The van der Waals surface area contributed by atoms with Crippen molar-refractivity contribution in [3.63, 3.8) is 0 Å². The van der Waals surface area contributed by atoms with Crippen LogP contribution in [0.3, 0.4) is 0 Å². The predicted octanol–water partition coefficient (Wildman–Crippen LogP) is -0.310. The molecule has 0 radical (unpaired) electrons. The van der Waals surface area contributed by atoms with Gasteiger partial charge in [-0.3, -0.25) is 19.7 Å². The van der Waals surface area contributed by atoms with Gasteiger partial charge in [0, 0.05) is 43.3 Å². The Morgan fingerprint density at radius 2 is 1.93 bits per heavy atom. The fourth-order valence-corrected chi connectivity index (χ4v) is 3.49. The summed E-state index contributed by atoms with van der Waals surface area (Å²) in [5, 5.41) is 14.5. The summed E-state index contributed by atoms with van der Waals surface area (Å²) in [6.45, 7) is 2.52. The molecule has 1 unspecified atom stereocenters. The minimum atomic E-state index is -0.441. The van der Waals surface area contributed by atoms with E-state index in [-0.39, 0.29) is 30.6 Å². The smallest absolute Gasteiger partial charge is 0.294 e. The SMILES string of the molecule is C[NH+](CC(=O)NC1CC1)CC(=O)N1CCN(c2ccc(Cl)cc2[N+](=O)[O-])CC1. The molecule has 1 atom stereocenters. The first-order chi connectivity index (χ1) is 13.3. The fourth-order valence-electron chi connectivity index (χ4n) is 3.32. The lowest BCUT2D eigenvalue weighted by Gasteiger charge is -2.35. The van der Waals surface area contributed by atoms with Crippen LogP contribution in [0.2, 0.25) is 5.02 Å². The number of carbonyl (C=O) groups excluding carboxylic acids is 2. The number of hydrogen-bond acceptors (Lipinski definition) is 5. The van der Waals surface area contributed by atoms with Crippen LogP contribution in [-0.4, -0.2) is 74.0 Å². The van der Waals surface area contributed by atoms with E-state index in [1.165, 1.54) is 6.07 Å². The first-order valence-electron chi connectivity index (χ1n) is 9.41. The summed E-state index contributed by atoms with van der Waals surface area (Å²) in [6, 6.07) is 4.95. The summed E-state index contributed by atoms with van der Waals surface area (Å²) in [5.74, 6) is -0.0327. The van der Waals surface area contributed by atoms with Crippen molar-refractivity contribution in [1.82, 2.24) is 10.2 Å². The van der Waals surface area contributed by atoms with Gasteiger partial charge in [-0.2, -0.15) is 0 Å². The van der Waals surface area contributed by atoms with Gasteiger partial charge in [0.15, 0.2) is 13.1 Å². The van der Waals surface area contributed by atoms with Crippen molar-refractivity contribution in [2.45, 2.75) is 18.9 Å². The third-order valence-electron chi connectivity index (χ3n) is 4.97. The zero-order valence-electron chi connectivity index (χ0n) is 15.8. The van der Waals surface area contributed by atoms with E-state index in [1.807, 2.05) is 11.9 Å². The maximum Gasteiger partial charge on any atom is 0.294 e. The Kier molecular flexibility index (Phi) is 6.35. The lowest BCUT2D eigenvalue weighted by atomic mass is 10.2. The number of nitro groups is 1. The van der Waals surface area contributed by atoms with Crippen LogP contribution in [0.15, 0.2) is 18.2 Å². The number of halogens is 1. The molecule has 1 aliphatic carbocycles. The molecule has 1 saturated carbocycles. The third kappa shape index (κ3) is 5.32. The van der Waals surface area contributed by atoms with Crippen LogP contribution in [0.25, 0.3) is 0 Å². The molecule has 10 heteroatoms. The number of hydrogen-bond donors (Lipinski definition) is 2. The molecule has 0 bridgehead atoms. The van der Waals surface area contributed by atoms with E-state index in [0.29, 0.717) is 42.9 Å². The van der Waals surface area contributed by atoms with Crippen LogP contribution in [0, 0.1) is 10.1 Å². The molecule has 1 aromatic carbocycles. The average Bonchev–Trinajstić information content (AvgIpc) is 3.45. The molecular formula is C18H25ClN5O4+. The number of carbonyl (C=O) groups is 2. The number of amides is 2. The van der Waals surface area contributed by atoms with Gasteiger partial charge in [0.25, 0.3) is 17.5 Å². The van der Waals surface area contributed by atoms with Crippen molar-refractivity contribution in [1.29, 1.82) is 0 Å². The largest absolute Gasteiger partial charge is 0.362 e. The van der Waals surface area contributed by atoms with E-state index in [4.69, 9.17) is 11.6 Å². The molecule has 1 aliphatic heterocycles. The Hall–Kier alpha value is -2.39. The Labute approximate surface area is 168 Å². The summed E-state index contributed by atoms with van der Waals surface area (Å²) in [6.07, 6.45) is 2.08. The molecule has 2 fully saturated rings. The van der Waals surface area contributed by atoms with Crippen molar-refractivity contribution < 1.29 is 19.4 Å². The van der Waals surface area contributed by atoms with Crippen LogP contribution < -0.4 is 15.1 Å². The Morgan fingerprint density at radius 1 is 1.25 bits per heavy atom. The van der Waals surface area contributed by atoms with E-state index in [2.05, 4.69) is 5.32 Å². The standard InChI is InChI=1S/C18H24ClN5O4/c1-21(11-17(25)20-14-3-4-14)12-18(26)23-8-6-22(7-9-23)15-5-2-13(19)10-16(15)24(27)28/h2,5,10,14H,3-4,6-9,11-12H2,1H3,(H,20,25)/p+1. The second-order valence-corrected chi connectivity index (χ2v) is 7.85. The van der Waals surface area contributed by atoms with Crippen LogP contribution >= 0.6 is 11.6 Å². The first-order valence-corrected chi connectivity index (χ1v) is 9.78. The quantitative estimate of drug-likeness (QED) is 0.474. The fraction of sp³-hybridized carbons (Fsp3) is 0.556. The van der Waals surface area contributed by atoms with E-state index in [0.717, 1.165) is 17.7 Å². The maximum atomic E-state index is 12.5. The van der Waals surface area contributed by atoms with Crippen molar-refractivity contribution >= 4 is 34.8 Å². The Balaban J connectivity index is 1.50. The lowest BCUT2D eigenvalue weighted by molar-refractivity contribution is -0.863. The van der Waals surface area contributed by atoms with Crippen molar-refractivity contribution in [3.05, 3.63) is 33.3 Å². The number of quaternary nitrogens is 1. The number of anilines is 1. The summed E-state index contributed by atoms with van der Waals surface area (Å²) in [7, 11) is 1.83. The molecule has 2 aliphatic rings. The van der Waals surface area contributed by atoms with Gasteiger partial charge in [0.05, 0.1) is 12.0 Å². The van der Waals surface area contributed by atoms with Gasteiger partial charge >= 0.3 is 0 Å². The molecule has 0 spiro atoms. The first kappa shape index (κ1) is 20.3. The third-order valence-corrected chi connectivity index (χ3v) is 5.20. The molecule has 28 heavy (non-hydrogen) atoms. The molecule has 152 valence electrons. The highest BCUT2D eigenvalue weighted by atomic mass is 35.5. The van der Waals surface area contributed by atoms with Gasteiger partial charge in [-0.1, -0.05) is 11.6 Å². The van der Waals surface area contributed by atoms with Gasteiger partial charge in [-0.15, -0.1) is 0 Å². The summed E-state index contributed by atoms with van der Waals surface area (Å²) < 4.78 is 0. The second kappa shape index (κ2) is 8.74. The molecule has 3 rings (SSSR count). The van der Waals surface area contributed by atoms with Gasteiger partial charge in [-0.05, 0) is 25.0 Å². The Morgan fingerprint density at radius 3 is 2.54 bits per heavy atom.